The number of aliphatic hydroxyl groups excluding tert-OH is 1. The van der Waals surface area contributed by atoms with Gasteiger partial charge in [0.05, 0.1) is 0 Å². The molecule has 3 nitrogen and oxygen atoms in total. The van der Waals surface area contributed by atoms with Crippen molar-refractivity contribution in [2.75, 3.05) is 6.54 Å². The fourth-order valence-electron chi connectivity index (χ4n) is 1.69. The van der Waals surface area contributed by atoms with Crippen LogP contribution < -0.4 is 0 Å². The summed E-state index contributed by atoms with van der Waals surface area (Å²) >= 11 is 0. The van der Waals surface area contributed by atoms with E-state index in [-0.39, 0.29) is 5.91 Å². The van der Waals surface area contributed by atoms with Gasteiger partial charge in [-0.1, -0.05) is 0 Å². The minimum atomic E-state index is -1.00. The highest BCUT2D eigenvalue weighted by Crippen LogP contribution is 2.31. The number of nitrogens with zero attached hydrogens (tertiary/aromatic N) is 1. The highest BCUT2D eigenvalue weighted by molar-refractivity contribution is 5.98. The van der Waals surface area contributed by atoms with E-state index in [2.05, 4.69) is 0 Å². The molecule has 0 aromatic heterocycles. The summed E-state index contributed by atoms with van der Waals surface area (Å²) in [5.41, 5.74) is 0.748. The van der Waals surface area contributed by atoms with Crippen molar-refractivity contribution in [3.63, 3.8) is 0 Å². The molecule has 0 fully saturated rings. The number of benzene rings is 1. The maximum Gasteiger partial charge on any atom is 0.256 e. The van der Waals surface area contributed by atoms with Gasteiger partial charge in [-0.3, -0.25) is 4.79 Å². The fraction of sp³-hybridized carbons (Fsp3) is 0.300. The molecule has 0 saturated heterocycles. The number of hydrogen-bond acceptors (Lipinski definition) is 2. The normalized spacial score (nSPS) is 20.1. The van der Waals surface area contributed by atoms with E-state index in [9.17, 15) is 14.3 Å². The van der Waals surface area contributed by atoms with Crippen molar-refractivity contribution < 1.29 is 14.3 Å². The summed E-state index contributed by atoms with van der Waals surface area (Å²) in [4.78, 5) is 12.9. The molecule has 0 radical (unpaired) electrons. The van der Waals surface area contributed by atoms with E-state index < -0.39 is 12.0 Å². The molecule has 0 aliphatic carbocycles. The Morgan fingerprint density at radius 1 is 1.57 bits per heavy atom. The zero-order valence-electron chi connectivity index (χ0n) is 7.70. The molecular weight excluding hydrogens is 185 g/mol. The lowest BCUT2D eigenvalue weighted by atomic mass is 10.1. The second-order valence-electron chi connectivity index (χ2n) is 3.20. The van der Waals surface area contributed by atoms with Crippen LogP contribution in [0.3, 0.4) is 0 Å². The fourth-order valence-corrected chi connectivity index (χ4v) is 1.69. The minimum Gasteiger partial charge on any atom is -0.369 e. The Balaban J connectivity index is 2.52. The number of amides is 1. The van der Waals surface area contributed by atoms with Crippen LogP contribution in [-0.2, 0) is 0 Å². The number of aliphatic hydroxyl groups is 1. The molecule has 1 N–H and O–H groups in total. The first-order valence-electron chi connectivity index (χ1n) is 4.43. The summed E-state index contributed by atoms with van der Waals surface area (Å²) in [5.74, 6) is -0.677. The molecule has 0 spiro atoms. The highest BCUT2D eigenvalue weighted by atomic mass is 19.1. The van der Waals surface area contributed by atoms with E-state index in [1.807, 2.05) is 0 Å². The van der Waals surface area contributed by atoms with Gasteiger partial charge in [-0.05, 0) is 25.1 Å². The summed E-state index contributed by atoms with van der Waals surface area (Å²) in [6.07, 6.45) is -1.00. The smallest absolute Gasteiger partial charge is 0.256 e. The van der Waals surface area contributed by atoms with E-state index >= 15 is 0 Å². The Kier molecular flexibility index (Phi) is 2.00. The second kappa shape index (κ2) is 3.06. The maximum absolute atomic E-state index is 12.9. The number of carbonyl (C=O) groups is 1. The molecule has 0 bridgehead atoms. The summed E-state index contributed by atoms with van der Waals surface area (Å²) in [6.45, 7) is 2.18. The van der Waals surface area contributed by atoms with E-state index in [4.69, 9.17) is 0 Å². The SMILES string of the molecule is CCN1C(=O)c2ccc(F)cc2C1O. The van der Waals surface area contributed by atoms with Crippen molar-refractivity contribution in [1.82, 2.24) is 4.90 Å². The number of fused-ring (bicyclic) bond motifs is 1. The molecule has 1 unspecified atom stereocenters. The first-order chi connectivity index (χ1) is 6.65. The van der Waals surface area contributed by atoms with Crippen LogP contribution in [0, 0.1) is 5.82 Å². The third kappa shape index (κ3) is 1.11. The van der Waals surface area contributed by atoms with E-state index in [1.54, 1.807) is 6.92 Å². The Morgan fingerprint density at radius 2 is 2.29 bits per heavy atom. The molecule has 1 aliphatic heterocycles. The second-order valence-corrected chi connectivity index (χ2v) is 3.20. The number of hydrogen-bond donors (Lipinski definition) is 1. The van der Waals surface area contributed by atoms with Crippen molar-refractivity contribution in [1.29, 1.82) is 0 Å². The molecule has 0 saturated carbocycles. The number of halogens is 1. The standard InChI is InChI=1S/C10H10FNO2/c1-2-12-9(13)7-4-3-6(11)5-8(7)10(12)14/h3-5,10,14H,2H2,1H3. The van der Waals surface area contributed by atoms with Crippen LogP contribution >= 0.6 is 0 Å². The van der Waals surface area contributed by atoms with Gasteiger partial charge >= 0.3 is 0 Å². The average molecular weight is 195 g/mol. The monoisotopic (exact) mass is 195 g/mol. The van der Waals surface area contributed by atoms with Crippen LogP contribution in [0.4, 0.5) is 4.39 Å². The van der Waals surface area contributed by atoms with Gasteiger partial charge in [-0.2, -0.15) is 0 Å². The largest absolute Gasteiger partial charge is 0.369 e. The van der Waals surface area contributed by atoms with Crippen molar-refractivity contribution in [3.05, 3.63) is 35.1 Å². The van der Waals surface area contributed by atoms with Gasteiger partial charge in [0, 0.05) is 17.7 Å². The lowest BCUT2D eigenvalue weighted by Crippen LogP contribution is -2.27. The predicted octanol–water partition coefficient (Wildman–Crippen LogP) is 1.29. The zero-order chi connectivity index (χ0) is 10.3. The van der Waals surface area contributed by atoms with E-state index in [1.165, 1.54) is 23.1 Å². The average Bonchev–Trinajstić information content (AvgIpc) is 2.39. The van der Waals surface area contributed by atoms with Crippen molar-refractivity contribution in [2.24, 2.45) is 0 Å². The molecule has 74 valence electrons. The van der Waals surface area contributed by atoms with Gasteiger partial charge in [0.15, 0.2) is 6.23 Å². The molecule has 14 heavy (non-hydrogen) atoms. The van der Waals surface area contributed by atoms with E-state index in [0.29, 0.717) is 17.7 Å². The first-order valence-corrected chi connectivity index (χ1v) is 4.43. The molecule has 1 heterocycles. The topological polar surface area (TPSA) is 40.5 Å². The lowest BCUT2D eigenvalue weighted by Gasteiger charge is -2.17. The summed E-state index contributed by atoms with van der Waals surface area (Å²) in [7, 11) is 0. The molecule has 1 aliphatic rings. The van der Waals surface area contributed by atoms with Gasteiger partial charge in [0.2, 0.25) is 0 Å². The number of carbonyl (C=O) groups excluding carboxylic acids is 1. The van der Waals surface area contributed by atoms with Crippen LogP contribution in [0.1, 0.15) is 29.1 Å². The Bertz CT molecular complexity index is 392. The van der Waals surface area contributed by atoms with Crippen LogP contribution in [0.15, 0.2) is 18.2 Å². The molecule has 4 heteroatoms. The molecule has 1 aromatic rings. The highest BCUT2D eigenvalue weighted by Gasteiger charge is 2.34. The van der Waals surface area contributed by atoms with Crippen LogP contribution in [-0.4, -0.2) is 22.5 Å². The van der Waals surface area contributed by atoms with Crippen molar-refractivity contribution in [2.45, 2.75) is 13.2 Å². The zero-order valence-corrected chi connectivity index (χ0v) is 7.70. The maximum atomic E-state index is 12.9. The Morgan fingerprint density at radius 3 is 2.93 bits per heavy atom. The molecule has 1 atom stereocenters. The van der Waals surface area contributed by atoms with Gasteiger partial charge in [0.25, 0.3) is 5.91 Å². The lowest BCUT2D eigenvalue weighted by molar-refractivity contribution is 0.0202. The molecule has 1 amide bonds. The van der Waals surface area contributed by atoms with Crippen LogP contribution in [0.2, 0.25) is 0 Å². The Hall–Kier alpha value is -1.42. The summed E-state index contributed by atoms with van der Waals surface area (Å²) < 4.78 is 12.9. The first kappa shape index (κ1) is 9.15. The van der Waals surface area contributed by atoms with Crippen molar-refractivity contribution in [3.8, 4) is 0 Å². The van der Waals surface area contributed by atoms with Gasteiger partial charge < -0.3 is 10.0 Å². The van der Waals surface area contributed by atoms with Gasteiger partial charge in [0.1, 0.15) is 5.82 Å². The predicted molar refractivity (Wildman–Crippen MR) is 48.1 cm³/mol. The molecular formula is C10H10FNO2. The summed E-state index contributed by atoms with van der Waals surface area (Å²) in [6, 6.07) is 3.84. The molecule has 1 aromatic carbocycles. The van der Waals surface area contributed by atoms with Crippen molar-refractivity contribution >= 4 is 5.91 Å². The van der Waals surface area contributed by atoms with Gasteiger partial charge in [-0.15, -0.1) is 0 Å². The Labute approximate surface area is 80.8 Å². The quantitative estimate of drug-likeness (QED) is 0.733. The minimum absolute atomic E-state index is 0.241. The molecule has 2 rings (SSSR count). The summed E-state index contributed by atoms with van der Waals surface area (Å²) in [5, 5.41) is 9.67. The third-order valence-corrected chi connectivity index (χ3v) is 2.42. The van der Waals surface area contributed by atoms with Crippen LogP contribution in [0.5, 0.6) is 0 Å². The number of rotatable bonds is 1. The third-order valence-electron chi connectivity index (χ3n) is 2.42. The van der Waals surface area contributed by atoms with E-state index in [0.717, 1.165) is 0 Å². The van der Waals surface area contributed by atoms with Crippen LogP contribution in [0.25, 0.3) is 0 Å². The van der Waals surface area contributed by atoms with Gasteiger partial charge in [-0.25, -0.2) is 4.39 Å².